The number of carbonyl (C=O) groups excluding carboxylic acids is 2. The molecule has 0 fully saturated rings. The maximum atomic E-state index is 13.5. The molecule has 0 saturated heterocycles. The van der Waals surface area contributed by atoms with Crippen LogP contribution < -0.4 is 4.90 Å². The molecule has 7 heteroatoms. The van der Waals surface area contributed by atoms with Crippen LogP contribution in [-0.2, 0) is 9.59 Å². The molecule has 0 bridgehead atoms. The Labute approximate surface area is 222 Å². The Morgan fingerprint density at radius 1 is 0.765 bits per heavy atom. The third kappa shape index (κ3) is 3.33. The van der Waals surface area contributed by atoms with E-state index >= 15 is 0 Å². The number of nitrogens with zero attached hydrogens (tertiary/aromatic N) is 1. The van der Waals surface area contributed by atoms with Crippen molar-refractivity contribution in [2.75, 3.05) is 11.9 Å². The largest absolute Gasteiger partial charge is 0.311 e. The number of halogens is 2. The van der Waals surface area contributed by atoms with Gasteiger partial charge in [-0.3, -0.25) is 9.59 Å². The average molecular weight is 611 g/mol. The predicted molar refractivity (Wildman–Crippen MR) is 149 cm³/mol. The normalized spacial score (nSPS) is 19.2. The molecule has 34 heavy (non-hydrogen) atoms. The van der Waals surface area contributed by atoms with Gasteiger partial charge in [0.15, 0.2) is 5.78 Å². The van der Waals surface area contributed by atoms with Crippen molar-refractivity contribution < 1.29 is 9.59 Å². The summed E-state index contributed by atoms with van der Waals surface area (Å²) >= 11 is 10.4. The number of allylic oxidation sites excluding steroid dienone is 1. The summed E-state index contributed by atoms with van der Waals surface area (Å²) < 4.78 is 2.13. The Morgan fingerprint density at radius 3 is 1.94 bits per heavy atom. The summed E-state index contributed by atoms with van der Waals surface area (Å²) in [6.07, 6.45) is 0. The van der Waals surface area contributed by atoms with Crippen LogP contribution in [0.1, 0.15) is 29.5 Å². The first-order valence-corrected chi connectivity index (χ1v) is 13.9. The maximum Gasteiger partial charge on any atom is 0.259 e. The molecule has 2 aliphatic rings. The summed E-state index contributed by atoms with van der Waals surface area (Å²) in [5.74, 6) is -0.407. The van der Waals surface area contributed by atoms with E-state index < -0.39 is 0 Å². The number of rotatable bonds is 2. The summed E-state index contributed by atoms with van der Waals surface area (Å²) in [5.41, 5.74) is 6.71. The van der Waals surface area contributed by atoms with E-state index in [1.165, 1.54) is 0 Å². The molecule has 4 aromatic rings. The number of Topliss-reactive ketones (excluding diaryl/α,β-unsaturated/α-hetero) is 1. The van der Waals surface area contributed by atoms with Gasteiger partial charge in [0.25, 0.3) is 5.91 Å². The molecule has 1 unspecified atom stereocenters. The van der Waals surface area contributed by atoms with Crippen LogP contribution >= 0.6 is 54.5 Å². The fraction of sp³-hybridized carbons (Fsp3) is 0.111. The van der Waals surface area contributed by atoms with Crippen molar-refractivity contribution in [3.63, 3.8) is 0 Å². The van der Waals surface area contributed by atoms with Gasteiger partial charge in [0, 0.05) is 33.9 Å². The molecule has 3 heterocycles. The zero-order valence-corrected chi connectivity index (χ0v) is 23.0. The molecule has 0 radical (unpaired) electrons. The number of hydrogen-bond acceptors (Lipinski definition) is 4. The number of anilines is 1. The third-order valence-corrected chi connectivity index (χ3v) is 9.88. The second-order valence-corrected chi connectivity index (χ2v) is 13.4. The molecule has 0 saturated carbocycles. The zero-order chi connectivity index (χ0) is 23.7. The fourth-order valence-electron chi connectivity index (χ4n) is 4.80. The number of likely N-dealkylation sites (N-methyl/N-ethyl adjacent to an activating group) is 1. The highest BCUT2D eigenvalue weighted by Gasteiger charge is 2.40. The molecular formula is C27H17Br2NO2S2. The van der Waals surface area contributed by atoms with Crippen LogP contribution in [0.3, 0.4) is 0 Å². The first-order chi connectivity index (χ1) is 16.3. The van der Waals surface area contributed by atoms with Gasteiger partial charge >= 0.3 is 0 Å². The molecule has 0 N–H and O–H groups in total. The molecular weight excluding hydrogens is 594 g/mol. The number of thiophene rings is 2. The lowest BCUT2D eigenvalue weighted by molar-refractivity contribution is -0.115. The number of fused-ring (bicyclic) bond motifs is 2. The van der Waals surface area contributed by atoms with Crippen molar-refractivity contribution in [3.8, 4) is 20.9 Å². The smallest absolute Gasteiger partial charge is 0.259 e. The Hall–Kier alpha value is -2.32. The Bertz CT molecular complexity index is 1450. The monoisotopic (exact) mass is 609 g/mol. The van der Waals surface area contributed by atoms with E-state index in [2.05, 4.69) is 50.1 Å². The van der Waals surface area contributed by atoms with Crippen molar-refractivity contribution in [1.29, 1.82) is 0 Å². The molecule has 1 atom stereocenters. The van der Waals surface area contributed by atoms with Gasteiger partial charge in [-0.1, -0.05) is 31.2 Å². The predicted octanol–water partition coefficient (Wildman–Crippen LogP) is 8.24. The number of benzene rings is 2. The topological polar surface area (TPSA) is 37.4 Å². The van der Waals surface area contributed by atoms with Gasteiger partial charge in [-0.25, -0.2) is 0 Å². The van der Waals surface area contributed by atoms with Gasteiger partial charge in [-0.05, 0) is 90.5 Å². The van der Waals surface area contributed by atoms with Crippen LogP contribution in [0, 0.1) is 0 Å². The molecule has 3 nitrogen and oxygen atoms in total. The van der Waals surface area contributed by atoms with Crippen molar-refractivity contribution in [3.05, 3.63) is 84.9 Å². The van der Waals surface area contributed by atoms with Crippen LogP contribution in [0.25, 0.3) is 32.0 Å². The third-order valence-electron chi connectivity index (χ3n) is 6.54. The summed E-state index contributed by atoms with van der Waals surface area (Å²) in [4.78, 5) is 30.9. The molecule has 1 aliphatic heterocycles. The van der Waals surface area contributed by atoms with E-state index in [0.717, 1.165) is 50.8 Å². The second kappa shape index (κ2) is 8.12. The second-order valence-electron chi connectivity index (χ2n) is 8.44. The quantitative estimate of drug-likeness (QED) is 0.214. The van der Waals surface area contributed by atoms with Gasteiger partial charge < -0.3 is 4.90 Å². The van der Waals surface area contributed by atoms with E-state index in [9.17, 15) is 9.59 Å². The number of hydrogen-bond donors (Lipinski definition) is 0. The van der Waals surface area contributed by atoms with Crippen molar-refractivity contribution in [2.45, 2.75) is 12.8 Å². The van der Waals surface area contributed by atoms with Crippen molar-refractivity contribution in [2.24, 2.45) is 0 Å². The van der Waals surface area contributed by atoms with Crippen LogP contribution in [-0.4, -0.2) is 18.7 Å². The first-order valence-electron chi connectivity index (χ1n) is 10.7. The van der Waals surface area contributed by atoms with Crippen molar-refractivity contribution >= 4 is 83.1 Å². The minimum absolute atomic E-state index is 0.00961. The van der Waals surface area contributed by atoms with Gasteiger partial charge in [0.1, 0.15) is 0 Å². The van der Waals surface area contributed by atoms with Crippen LogP contribution in [0.15, 0.2) is 68.2 Å². The Kier molecular flexibility index (Phi) is 5.30. The molecule has 0 spiro atoms. The summed E-state index contributed by atoms with van der Waals surface area (Å²) in [5, 5.41) is 0. The highest BCUT2D eigenvalue weighted by atomic mass is 79.9. The van der Waals surface area contributed by atoms with Gasteiger partial charge in [0.05, 0.1) is 18.8 Å². The number of ketones is 1. The highest BCUT2D eigenvalue weighted by Crippen LogP contribution is 2.49. The highest BCUT2D eigenvalue weighted by molar-refractivity contribution is 9.11. The lowest BCUT2D eigenvalue weighted by Gasteiger charge is -2.10. The zero-order valence-electron chi connectivity index (χ0n) is 18.2. The van der Waals surface area contributed by atoms with E-state index in [0.29, 0.717) is 11.1 Å². The molecule has 6 rings (SSSR count). The van der Waals surface area contributed by atoms with Gasteiger partial charge in [0.2, 0.25) is 0 Å². The minimum Gasteiger partial charge on any atom is -0.311 e. The summed E-state index contributed by atoms with van der Waals surface area (Å²) in [7, 11) is 1.78. The van der Waals surface area contributed by atoms with Crippen LogP contribution in [0.5, 0.6) is 0 Å². The van der Waals surface area contributed by atoms with E-state index in [-0.39, 0.29) is 17.6 Å². The summed E-state index contributed by atoms with van der Waals surface area (Å²) in [6.45, 7) is 1.94. The van der Waals surface area contributed by atoms with Crippen molar-refractivity contribution in [1.82, 2.24) is 0 Å². The molecule has 1 amide bonds. The number of carbonyl (C=O) groups is 2. The maximum absolute atomic E-state index is 13.5. The lowest BCUT2D eigenvalue weighted by atomic mass is 9.94. The van der Waals surface area contributed by atoms with E-state index in [1.54, 1.807) is 34.6 Å². The first kappa shape index (κ1) is 22.2. The Balaban J connectivity index is 1.51. The van der Waals surface area contributed by atoms with E-state index in [1.807, 2.05) is 49.4 Å². The fourth-order valence-corrected chi connectivity index (χ4v) is 7.56. The molecule has 1 aliphatic carbocycles. The molecule has 168 valence electrons. The number of amides is 1. The minimum atomic E-state index is -0.286. The molecule has 2 aromatic heterocycles. The lowest BCUT2D eigenvalue weighted by Crippen LogP contribution is -2.21. The van der Waals surface area contributed by atoms with Crippen LogP contribution in [0.2, 0.25) is 0 Å². The van der Waals surface area contributed by atoms with E-state index in [4.69, 9.17) is 0 Å². The van der Waals surface area contributed by atoms with Gasteiger partial charge in [-0.15, -0.1) is 22.7 Å². The molecule has 2 aromatic carbocycles. The summed E-state index contributed by atoms with van der Waals surface area (Å²) in [6, 6.07) is 20.4. The Morgan fingerprint density at radius 2 is 1.35 bits per heavy atom. The average Bonchev–Trinajstić information content (AvgIpc) is 3.57. The standard InChI is InChI=1S/C27H17Br2NO2S2/c1-13-18-11-14(20-7-9-22(28)33-20)3-5-16(18)24(26(13)31)25-17-6-4-15(21-8-10-23(29)34-21)12-19(17)30(2)27(25)32/h3-13H,1-2H3/b25-24+. The SMILES string of the molecule is CC1C(=O)/C(=C2/C(=O)N(C)c3cc(-c4ccc(Br)s4)ccc32)c2ccc(-c3ccc(Br)s3)cc21. The van der Waals surface area contributed by atoms with Gasteiger partial charge in [-0.2, -0.15) is 0 Å². The van der Waals surface area contributed by atoms with Crippen LogP contribution in [0.4, 0.5) is 5.69 Å².